The average Bonchev–Trinajstić information content (AvgIpc) is 3.37. The van der Waals surface area contributed by atoms with Gasteiger partial charge in [0.05, 0.1) is 12.1 Å². The van der Waals surface area contributed by atoms with Crippen molar-refractivity contribution in [1.29, 1.82) is 0 Å². The lowest BCUT2D eigenvalue weighted by atomic mass is 9.99. The molecule has 0 aliphatic carbocycles. The molecule has 9 heteroatoms. The molecule has 0 radical (unpaired) electrons. The van der Waals surface area contributed by atoms with Crippen LogP contribution in [0.3, 0.4) is 0 Å². The normalized spacial score (nSPS) is 28.1. The van der Waals surface area contributed by atoms with Crippen molar-refractivity contribution in [3.8, 4) is 0 Å². The molecule has 5 rings (SSSR count). The molecule has 1 aromatic carbocycles. The molecule has 2 fully saturated rings. The van der Waals surface area contributed by atoms with Crippen molar-refractivity contribution in [3.63, 3.8) is 0 Å². The van der Waals surface area contributed by atoms with E-state index in [1.54, 1.807) is 0 Å². The van der Waals surface area contributed by atoms with Gasteiger partial charge in [-0.05, 0) is 24.1 Å². The van der Waals surface area contributed by atoms with Crippen LogP contribution >= 0.6 is 23.4 Å². The highest BCUT2D eigenvalue weighted by Crippen LogP contribution is 2.34. The van der Waals surface area contributed by atoms with E-state index in [0.717, 1.165) is 41.9 Å². The van der Waals surface area contributed by atoms with Crippen LogP contribution in [-0.4, -0.2) is 63.4 Å². The van der Waals surface area contributed by atoms with Gasteiger partial charge in [-0.25, -0.2) is 5.43 Å². The van der Waals surface area contributed by atoms with Crippen molar-refractivity contribution >= 4 is 35.1 Å². The number of amidine groups is 1. The molecule has 29 heavy (non-hydrogen) atoms. The maximum Gasteiger partial charge on any atom is 0.223 e. The number of carbonyl (C=O) groups is 1. The summed E-state index contributed by atoms with van der Waals surface area (Å²) >= 11 is 7.95. The fourth-order valence-electron chi connectivity index (χ4n) is 4.41. The van der Waals surface area contributed by atoms with Crippen LogP contribution in [0.1, 0.15) is 30.9 Å². The van der Waals surface area contributed by atoms with E-state index in [-0.39, 0.29) is 24.2 Å². The second kappa shape index (κ2) is 8.08. The SMILES string of the molecule is O=C(CCC1=NNC2C3CC(c4ccc(Cl)cc4)NN3C=CN12)N1CCSCC1. The number of amides is 1. The van der Waals surface area contributed by atoms with E-state index < -0.39 is 0 Å². The maximum absolute atomic E-state index is 12.5. The Morgan fingerprint density at radius 1 is 1.21 bits per heavy atom. The Kier molecular flexibility index (Phi) is 5.32. The minimum Gasteiger partial charge on any atom is -0.341 e. The van der Waals surface area contributed by atoms with Crippen LogP contribution in [0.2, 0.25) is 5.02 Å². The summed E-state index contributed by atoms with van der Waals surface area (Å²) in [5.74, 6) is 3.28. The smallest absolute Gasteiger partial charge is 0.223 e. The molecule has 154 valence electrons. The number of carbonyl (C=O) groups excluding carboxylic acids is 1. The van der Waals surface area contributed by atoms with Crippen LogP contribution in [0.5, 0.6) is 0 Å². The standard InChI is InChI=1S/C20H25ClN6OS/c21-15-3-1-14(2-4-15)16-13-17-20-23-22-18(26(20)7-8-27(17)24-16)5-6-19(28)25-9-11-29-12-10-25/h1-4,7-8,16-17,20,23-24H,5-6,9-13H2. The van der Waals surface area contributed by atoms with Crippen LogP contribution in [0, 0.1) is 0 Å². The number of hydrogen-bond acceptors (Lipinski definition) is 7. The Labute approximate surface area is 180 Å². The third-order valence-electron chi connectivity index (χ3n) is 6.01. The monoisotopic (exact) mass is 432 g/mol. The third-order valence-corrected chi connectivity index (χ3v) is 7.21. The summed E-state index contributed by atoms with van der Waals surface area (Å²) in [6.07, 6.45) is 6.36. The van der Waals surface area contributed by atoms with Gasteiger partial charge >= 0.3 is 0 Å². The molecule has 4 aliphatic heterocycles. The van der Waals surface area contributed by atoms with Gasteiger partial charge in [-0.2, -0.15) is 16.9 Å². The highest BCUT2D eigenvalue weighted by Gasteiger charge is 2.44. The number of fused-ring (bicyclic) bond motifs is 3. The van der Waals surface area contributed by atoms with E-state index in [1.807, 2.05) is 28.8 Å². The second-order valence-electron chi connectivity index (χ2n) is 7.74. The molecule has 0 saturated carbocycles. The molecule has 2 saturated heterocycles. The molecule has 0 bridgehead atoms. The average molecular weight is 433 g/mol. The van der Waals surface area contributed by atoms with Gasteiger partial charge in [-0.15, -0.1) is 0 Å². The summed E-state index contributed by atoms with van der Waals surface area (Å²) in [7, 11) is 0. The van der Waals surface area contributed by atoms with Gasteiger partial charge in [0, 0.05) is 54.9 Å². The molecule has 3 unspecified atom stereocenters. The Balaban J connectivity index is 1.20. The molecule has 0 aromatic heterocycles. The first kappa shape index (κ1) is 19.1. The zero-order valence-electron chi connectivity index (χ0n) is 16.1. The minimum atomic E-state index is 0.0845. The number of nitrogens with zero attached hydrogens (tertiary/aromatic N) is 4. The highest BCUT2D eigenvalue weighted by atomic mass is 35.5. The summed E-state index contributed by atoms with van der Waals surface area (Å²) in [6, 6.07) is 8.53. The molecule has 4 heterocycles. The van der Waals surface area contributed by atoms with Crippen LogP contribution in [0.25, 0.3) is 0 Å². The lowest BCUT2D eigenvalue weighted by molar-refractivity contribution is -0.130. The molecule has 7 nitrogen and oxygen atoms in total. The zero-order valence-corrected chi connectivity index (χ0v) is 17.7. The number of hydrogen-bond donors (Lipinski definition) is 2. The number of nitrogens with one attached hydrogen (secondary N) is 2. The van der Waals surface area contributed by atoms with E-state index in [4.69, 9.17) is 11.6 Å². The molecular weight excluding hydrogens is 408 g/mol. The quantitative estimate of drug-likeness (QED) is 0.761. The minimum absolute atomic E-state index is 0.0845. The van der Waals surface area contributed by atoms with Gasteiger partial charge in [0.15, 0.2) is 0 Å². The summed E-state index contributed by atoms with van der Waals surface area (Å²) in [6.45, 7) is 1.74. The predicted octanol–water partition coefficient (Wildman–Crippen LogP) is 2.35. The number of hydrazine groups is 1. The molecule has 3 atom stereocenters. The second-order valence-corrected chi connectivity index (χ2v) is 9.41. The Bertz CT molecular complexity index is 825. The number of benzene rings is 1. The van der Waals surface area contributed by atoms with Crippen LogP contribution in [0.4, 0.5) is 0 Å². The first-order valence-electron chi connectivity index (χ1n) is 10.1. The van der Waals surface area contributed by atoms with Gasteiger partial charge in [-0.3, -0.25) is 10.2 Å². The van der Waals surface area contributed by atoms with E-state index in [9.17, 15) is 4.79 Å². The van der Waals surface area contributed by atoms with Gasteiger partial charge < -0.3 is 14.8 Å². The van der Waals surface area contributed by atoms with E-state index >= 15 is 0 Å². The van der Waals surface area contributed by atoms with Crippen molar-refractivity contribution in [2.45, 2.75) is 37.5 Å². The van der Waals surface area contributed by atoms with Crippen LogP contribution in [-0.2, 0) is 4.79 Å². The largest absolute Gasteiger partial charge is 0.341 e. The summed E-state index contributed by atoms with van der Waals surface area (Å²) in [4.78, 5) is 16.7. The Morgan fingerprint density at radius 3 is 2.79 bits per heavy atom. The van der Waals surface area contributed by atoms with Crippen molar-refractivity contribution < 1.29 is 4.79 Å². The number of rotatable bonds is 4. The van der Waals surface area contributed by atoms with E-state index in [1.165, 1.54) is 5.56 Å². The summed E-state index contributed by atoms with van der Waals surface area (Å²) in [5.41, 5.74) is 8.10. The van der Waals surface area contributed by atoms with Crippen molar-refractivity contribution in [2.24, 2.45) is 5.10 Å². The number of thioether (sulfide) groups is 1. The zero-order chi connectivity index (χ0) is 19.8. The van der Waals surface area contributed by atoms with Crippen LogP contribution in [0.15, 0.2) is 41.8 Å². The molecule has 4 aliphatic rings. The van der Waals surface area contributed by atoms with Gasteiger partial charge in [-0.1, -0.05) is 23.7 Å². The van der Waals surface area contributed by atoms with Crippen molar-refractivity contribution in [1.82, 2.24) is 25.7 Å². The molecular formula is C20H25ClN6OS. The summed E-state index contributed by atoms with van der Waals surface area (Å²) < 4.78 is 0. The molecule has 2 N–H and O–H groups in total. The fourth-order valence-corrected chi connectivity index (χ4v) is 5.44. The van der Waals surface area contributed by atoms with Crippen LogP contribution < -0.4 is 10.9 Å². The Morgan fingerprint density at radius 2 is 2.00 bits per heavy atom. The van der Waals surface area contributed by atoms with Crippen molar-refractivity contribution in [3.05, 3.63) is 47.3 Å². The highest BCUT2D eigenvalue weighted by molar-refractivity contribution is 7.99. The first-order chi connectivity index (χ1) is 14.2. The first-order valence-corrected chi connectivity index (χ1v) is 11.7. The van der Waals surface area contributed by atoms with Gasteiger partial charge in [0.25, 0.3) is 0 Å². The molecule has 0 spiro atoms. The van der Waals surface area contributed by atoms with E-state index in [2.05, 4.69) is 50.4 Å². The van der Waals surface area contributed by atoms with Gasteiger partial charge in [0.2, 0.25) is 5.91 Å². The lowest BCUT2D eigenvalue weighted by Crippen LogP contribution is -2.54. The maximum atomic E-state index is 12.5. The fraction of sp³-hybridized carbons (Fsp3) is 0.500. The number of halogens is 1. The van der Waals surface area contributed by atoms with E-state index in [0.29, 0.717) is 12.8 Å². The molecule has 1 aromatic rings. The van der Waals surface area contributed by atoms with Crippen molar-refractivity contribution in [2.75, 3.05) is 24.6 Å². The Hall–Kier alpha value is -1.90. The summed E-state index contributed by atoms with van der Waals surface area (Å²) in [5, 5.41) is 7.48. The molecule has 1 amide bonds. The lowest BCUT2D eigenvalue weighted by Gasteiger charge is -2.37. The third kappa shape index (κ3) is 3.81. The topological polar surface area (TPSA) is 63.2 Å². The number of hydrazone groups is 1. The van der Waals surface area contributed by atoms with Gasteiger partial charge in [0.1, 0.15) is 12.0 Å². The predicted molar refractivity (Wildman–Crippen MR) is 116 cm³/mol.